The summed E-state index contributed by atoms with van der Waals surface area (Å²) in [6, 6.07) is 0. The van der Waals surface area contributed by atoms with E-state index in [4.69, 9.17) is 0 Å². The Labute approximate surface area is 116 Å². The van der Waals surface area contributed by atoms with E-state index in [1.807, 2.05) is 19.1 Å². The maximum Gasteiger partial charge on any atom is 0.233 e. The summed E-state index contributed by atoms with van der Waals surface area (Å²) in [7, 11) is 0. The van der Waals surface area contributed by atoms with E-state index in [0.29, 0.717) is 25.2 Å². The third-order valence-electron chi connectivity index (χ3n) is 3.94. The molecule has 0 saturated carbocycles. The molecule has 1 fully saturated rings. The van der Waals surface area contributed by atoms with Crippen LogP contribution in [0.4, 0.5) is 0 Å². The maximum absolute atomic E-state index is 12.3. The molecule has 3 rings (SSSR count). The lowest BCUT2D eigenvalue weighted by Crippen LogP contribution is -2.32. The van der Waals surface area contributed by atoms with Gasteiger partial charge in [-0.3, -0.25) is 14.5 Å². The van der Waals surface area contributed by atoms with Crippen LogP contribution in [0.5, 0.6) is 0 Å². The number of likely N-dealkylation sites (tertiary alicyclic amines) is 1. The fourth-order valence-corrected chi connectivity index (χ4v) is 2.89. The van der Waals surface area contributed by atoms with Crippen LogP contribution in [0.3, 0.4) is 0 Å². The molecule has 1 aliphatic heterocycles. The lowest BCUT2D eigenvalue weighted by atomic mass is 9.85. The van der Waals surface area contributed by atoms with Crippen LogP contribution in [0, 0.1) is 11.8 Å². The number of fused-ring (bicyclic) bond motifs is 1. The summed E-state index contributed by atoms with van der Waals surface area (Å²) in [6.45, 7) is 2.89. The molecule has 7 nitrogen and oxygen atoms in total. The van der Waals surface area contributed by atoms with Crippen LogP contribution in [0.2, 0.25) is 0 Å². The second kappa shape index (κ2) is 5.15. The number of rotatable bonds is 4. The van der Waals surface area contributed by atoms with Gasteiger partial charge < -0.3 is 0 Å². The van der Waals surface area contributed by atoms with Gasteiger partial charge in [0.2, 0.25) is 11.8 Å². The van der Waals surface area contributed by atoms with Gasteiger partial charge in [-0.1, -0.05) is 19.1 Å². The zero-order valence-electron chi connectivity index (χ0n) is 11.4. The predicted octanol–water partition coefficient (Wildman–Crippen LogP) is 0.534. The van der Waals surface area contributed by atoms with Crippen molar-refractivity contribution in [3.8, 4) is 0 Å². The number of nitrogens with zero attached hydrogens (tertiary/aromatic N) is 5. The third kappa shape index (κ3) is 2.03. The summed E-state index contributed by atoms with van der Waals surface area (Å²) in [5.41, 5.74) is 0. The SMILES string of the molecule is CCCn1nnnc1CN1C(=O)C2CC=CCC2C1=O. The number of tetrazole rings is 1. The van der Waals surface area contributed by atoms with E-state index in [-0.39, 0.29) is 30.2 Å². The Morgan fingerprint density at radius 1 is 1.20 bits per heavy atom. The highest BCUT2D eigenvalue weighted by Gasteiger charge is 2.47. The van der Waals surface area contributed by atoms with Gasteiger partial charge in [0.15, 0.2) is 5.82 Å². The van der Waals surface area contributed by atoms with Crippen molar-refractivity contribution in [2.45, 2.75) is 39.3 Å². The van der Waals surface area contributed by atoms with Crippen molar-refractivity contribution in [1.82, 2.24) is 25.1 Å². The molecule has 2 unspecified atom stereocenters. The number of aryl methyl sites for hydroxylation is 1. The molecule has 0 bridgehead atoms. The smallest absolute Gasteiger partial charge is 0.233 e. The van der Waals surface area contributed by atoms with Gasteiger partial charge in [0.05, 0.1) is 18.4 Å². The Morgan fingerprint density at radius 2 is 1.85 bits per heavy atom. The first-order valence-corrected chi connectivity index (χ1v) is 6.97. The molecule has 106 valence electrons. The summed E-state index contributed by atoms with van der Waals surface area (Å²) < 4.78 is 1.65. The first kappa shape index (κ1) is 13.0. The normalized spacial score (nSPS) is 25.4. The molecule has 1 aliphatic carbocycles. The van der Waals surface area contributed by atoms with E-state index >= 15 is 0 Å². The monoisotopic (exact) mass is 275 g/mol. The highest BCUT2D eigenvalue weighted by Crippen LogP contribution is 2.35. The molecule has 0 radical (unpaired) electrons. The Kier molecular flexibility index (Phi) is 3.33. The van der Waals surface area contributed by atoms with E-state index in [0.717, 1.165) is 6.42 Å². The average Bonchev–Trinajstić information content (AvgIpc) is 2.99. The second-order valence-electron chi connectivity index (χ2n) is 5.24. The van der Waals surface area contributed by atoms with Gasteiger partial charge >= 0.3 is 0 Å². The van der Waals surface area contributed by atoms with Crippen LogP contribution in [-0.2, 0) is 22.7 Å². The van der Waals surface area contributed by atoms with Crippen LogP contribution in [-0.4, -0.2) is 36.9 Å². The van der Waals surface area contributed by atoms with E-state index in [1.54, 1.807) is 4.68 Å². The van der Waals surface area contributed by atoms with Crippen LogP contribution >= 0.6 is 0 Å². The molecule has 2 heterocycles. The van der Waals surface area contributed by atoms with Gasteiger partial charge in [0, 0.05) is 6.54 Å². The fraction of sp³-hybridized carbons (Fsp3) is 0.615. The molecule has 0 spiro atoms. The predicted molar refractivity (Wildman–Crippen MR) is 69.0 cm³/mol. The van der Waals surface area contributed by atoms with Crippen molar-refractivity contribution in [2.24, 2.45) is 11.8 Å². The molecule has 1 aromatic rings. The summed E-state index contributed by atoms with van der Waals surface area (Å²) in [4.78, 5) is 26.0. The minimum Gasteiger partial charge on any atom is -0.274 e. The maximum atomic E-state index is 12.3. The highest BCUT2D eigenvalue weighted by molar-refractivity contribution is 6.05. The molecule has 1 aromatic heterocycles. The Hall–Kier alpha value is -2.05. The summed E-state index contributed by atoms with van der Waals surface area (Å²) in [6.07, 6.45) is 6.18. The lowest BCUT2D eigenvalue weighted by molar-refractivity contribution is -0.140. The zero-order valence-corrected chi connectivity index (χ0v) is 11.4. The summed E-state index contributed by atoms with van der Waals surface area (Å²) in [5, 5.41) is 11.4. The number of carbonyl (C=O) groups excluding carboxylic acids is 2. The summed E-state index contributed by atoms with van der Waals surface area (Å²) in [5.74, 6) is 0.0111. The molecular formula is C13H17N5O2. The van der Waals surface area contributed by atoms with Crippen molar-refractivity contribution in [3.05, 3.63) is 18.0 Å². The number of imide groups is 1. The molecule has 1 saturated heterocycles. The van der Waals surface area contributed by atoms with Crippen LogP contribution < -0.4 is 0 Å². The van der Waals surface area contributed by atoms with Crippen LogP contribution in [0.15, 0.2) is 12.2 Å². The Morgan fingerprint density at radius 3 is 2.45 bits per heavy atom. The van der Waals surface area contributed by atoms with E-state index in [2.05, 4.69) is 15.5 Å². The number of amides is 2. The number of carbonyl (C=O) groups is 2. The van der Waals surface area contributed by atoms with E-state index in [9.17, 15) is 9.59 Å². The molecular weight excluding hydrogens is 258 g/mol. The van der Waals surface area contributed by atoms with Gasteiger partial charge in [0.25, 0.3) is 0 Å². The number of allylic oxidation sites excluding steroid dienone is 2. The molecule has 2 aliphatic rings. The van der Waals surface area contributed by atoms with Gasteiger partial charge in [-0.15, -0.1) is 5.10 Å². The first-order chi connectivity index (χ1) is 9.72. The molecule has 2 amide bonds. The first-order valence-electron chi connectivity index (χ1n) is 6.97. The topological polar surface area (TPSA) is 81.0 Å². The van der Waals surface area contributed by atoms with Gasteiger partial charge in [0.1, 0.15) is 0 Å². The molecule has 2 atom stereocenters. The lowest BCUT2D eigenvalue weighted by Gasteiger charge is -2.14. The minimum atomic E-state index is -0.192. The van der Waals surface area contributed by atoms with Crippen molar-refractivity contribution in [1.29, 1.82) is 0 Å². The van der Waals surface area contributed by atoms with Crippen LogP contribution in [0.25, 0.3) is 0 Å². The number of aromatic nitrogens is 4. The van der Waals surface area contributed by atoms with E-state index in [1.165, 1.54) is 4.90 Å². The largest absolute Gasteiger partial charge is 0.274 e. The molecule has 0 N–H and O–H groups in total. The Bertz CT molecular complexity index is 539. The number of hydrogen-bond acceptors (Lipinski definition) is 5. The summed E-state index contributed by atoms with van der Waals surface area (Å²) >= 11 is 0. The molecule has 0 aromatic carbocycles. The van der Waals surface area contributed by atoms with Crippen molar-refractivity contribution >= 4 is 11.8 Å². The fourth-order valence-electron chi connectivity index (χ4n) is 2.89. The van der Waals surface area contributed by atoms with Crippen LogP contribution in [0.1, 0.15) is 32.0 Å². The Balaban J connectivity index is 1.79. The zero-order chi connectivity index (χ0) is 14.1. The second-order valence-corrected chi connectivity index (χ2v) is 5.24. The van der Waals surface area contributed by atoms with Gasteiger partial charge in [-0.05, 0) is 29.7 Å². The third-order valence-corrected chi connectivity index (χ3v) is 3.94. The minimum absolute atomic E-state index is 0.0876. The quantitative estimate of drug-likeness (QED) is 0.591. The molecule has 7 heteroatoms. The van der Waals surface area contributed by atoms with Crippen molar-refractivity contribution in [2.75, 3.05) is 0 Å². The van der Waals surface area contributed by atoms with Gasteiger partial charge in [-0.25, -0.2) is 4.68 Å². The van der Waals surface area contributed by atoms with Gasteiger partial charge in [-0.2, -0.15) is 0 Å². The number of hydrogen-bond donors (Lipinski definition) is 0. The average molecular weight is 275 g/mol. The standard InChI is InChI=1S/C13H17N5O2/c1-2-7-18-11(14-15-16-18)8-17-12(19)9-5-3-4-6-10(9)13(17)20/h3-4,9-10H,2,5-8H2,1H3. The van der Waals surface area contributed by atoms with Crippen molar-refractivity contribution < 1.29 is 9.59 Å². The highest BCUT2D eigenvalue weighted by atomic mass is 16.2. The van der Waals surface area contributed by atoms with E-state index < -0.39 is 0 Å². The molecule has 20 heavy (non-hydrogen) atoms. The van der Waals surface area contributed by atoms with Crippen molar-refractivity contribution in [3.63, 3.8) is 0 Å².